The van der Waals surface area contributed by atoms with E-state index in [1.807, 2.05) is 0 Å². The van der Waals surface area contributed by atoms with E-state index in [2.05, 4.69) is 4.72 Å². The summed E-state index contributed by atoms with van der Waals surface area (Å²) in [6, 6.07) is 4.93. The van der Waals surface area contributed by atoms with Crippen LogP contribution in [0.25, 0.3) is 0 Å². The van der Waals surface area contributed by atoms with Gasteiger partial charge in [0.1, 0.15) is 0 Å². The van der Waals surface area contributed by atoms with Crippen LogP contribution in [0.3, 0.4) is 0 Å². The molecule has 19 heavy (non-hydrogen) atoms. The molecule has 0 aliphatic heterocycles. The van der Waals surface area contributed by atoms with Crippen molar-refractivity contribution >= 4 is 44.8 Å². The molecule has 0 fully saturated rings. The molecule has 0 aliphatic carbocycles. The maximum absolute atomic E-state index is 11.6. The minimum Gasteiger partial charge on any atom is -0.310 e. The molecule has 0 bridgehead atoms. The summed E-state index contributed by atoms with van der Waals surface area (Å²) in [7, 11) is -3.29. The number of rotatable bonds is 5. The van der Waals surface area contributed by atoms with Gasteiger partial charge < -0.3 is 4.90 Å². The first-order valence-corrected chi connectivity index (χ1v) is 8.04. The van der Waals surface area contributed by atoms with Gasteiger partial charge in [0.2, 0.25) is 15.9 Å². The second-order valence-electron chi connectivity index (χ2n) is 3.91. The molecule has 0 radical (unpaired) electrons. The van der Waals surface area contributed by atoms with Gasteiger partial charge in [-0.25, -0.2) is 13.1 Å². The van der Waals surface area contributed by atoms with E-state index in [0.29, 0.717) is 10.7 Å². The van der Waals surface area contributed by atoms with Gasteiger partial charge in [-0.3, -0.25) is 4.79 Å². The fourth-order valence-corrected chi connectivity index (χ4v) is 2.35. The molecule has 0 spiro atoms. The van der Waals surface area contributed by atoms with Gasteiger partial charge in [-0.2, -0.15) is 0 Å². The number of hydrogen-bond donors (Lipinski definition) is 1. The van der Waals surface area contributed by atoms with Crippen LogP contribution in [-0.2, 0) is 14.8 Å². The molecule has 1 N–H and O–H groups in total. The van der Waals surface area contributed by atoms with E-state index in [0.717, 1.165) is 6.26 Å². The van der Waals surface area contributed by atoms with Crippen LogP contribution >= 0.6 is 23.2 Å². The number of amides is 1. The van der Waals surface area contributed by atoms with E-state index in [4.69, 9.17) is 23.2 Å². The highest BCUT2D eigenvalue weighted by Gasteiger charge is 2.16. The Kier molecular flexibility index (Phi) is 5.61. The van der Waals surface area contributed by atoms with Crippen molar-refractivity contribution in [1.29, 1.82) is 0 Å². The Bertz CT molecular complexity index is 575. The summed E-state index contributed by atoms with van der Waals surface area (Å²) in [4.78, 5) is 13.0. The monoisotopic (exact) mass is 324 g/mol. The number of benzene rings is 1. The molecule has 5 nitrogen and oxygen atoms in total. The van der Waals surface area contributed by atoms with Crippen LogP contribution < -0.4 is 9.62 Å². The summed E-state index contributed by atoms with van der Waals surface area (Å²) in [5.41, 5.74) is 0.456. The van der Waals surface area contributed by atoms with Crippen molar-refractivity contribution in [2.45, 2.75) is 6.92 Å². The van der Waals surface area contributed by atoms with Crippen molar-refractivity contribution in [3.8, 4) is 0 Å². The van der Waals surface area contributed by atoms with Crippen LogP contribution in [0.5, 0.6) is 0 Å². The Labute approximate surface area is 122 Å². The van der Waals surface area contributed by atoms with E-state index >= 15 is 0 Å². The zero-order valence-corrected chi connectivity index (χ0v) is 12.8. The molecule has 0 unspecified atom stereocenters. The van der Waals surface area contributed by atoms with Crippen molar-refractivity contribution in [3.63, 3.8) is 0 Å². The molecular formula is C11H14Cl2N2O3S. The quantitative estimate of drug-likeness (QED) is 0.899. The molecule has 0 saturated carbocycles. The zero-order chi connectivity index (χ0) is 14.6. The fraction of sp³-hybridized carbons (Fsp3) is 0.364. The Hall–Kier alpha value is -0.820. The lowest BCUT2D eigenvalue weighted by molar-refractivity contribution is -0.116. The topological polar surface area (TPSA) is 66.5 Å². The highest BCUT2D eigenvalue weighted by molar-refractivity contribution is 7.88. The zero-order valence-electron chi connectivity index (χ0n) is 10.5. The third-order valence-electron chi connectivity index (χ3n) is 2.30. The summed E-state index contributed by atoms with van der Waals surface area (Å²) in [5.74, 6) is -0.250. The summed E-state index contributed by atoms with van der Waals surface area (Å²) in [6.45, 7) is 1.64. The van der Waals surface area contributed by atoms with E-state index in [-0.39, 0.29) is 24.0 Å². The molecule has 106 valence electrons. The van der Waals surface area contributed by atoms with Gasteiger partial charge in [0.05, 0.1) is 22.0 Å². The van der Waals surface area contributed by atoms with Gasteiger partial charge in [-0.05, 0) is 12.1 Å². The third-order valence-corrected chi connectivity index (χ3v) is 3.84. The van der Waals surface area contributed by atoms with Crippen molar-refractivity contribution in [2.24, 2.45) is 0 Å². The second-order valence-corrected chi connectivity index (χ2v) is 6.53. The maximum Gasteiger partial charge on any atom is 0.223 e. The minimum absolute atomic E-state index is 0.0985. The van der Waals surface area contributed by atoms with Crippen LogP contribution in [0.4, 0.5) is 5.69 Å². The smallest absolute Gasteiger partial charge is 0.223 e. The predicted octanol–water partition coefficient (Wildman–Crippen LogP) is 1.90. The number of nitrogens with one attached hydrogen (secondary N) is 1. The summed E-state index contributed by atoms with van der Waals surface area (Å²) in [6.07, 6.45) is 1.05. The molecular weight excluding hydrogens is 311 g/mol. The molecule has 0 aliphatic rings. The van der Waals surface area contributed by atoms with E-state index < -0.39 is 10.0 Å². The van der Waals surface area contributed by atoms with Crippen LogP contribution in [0.2, 0.25) is 10.0 Å². The van der Waals surface area contributed by atoms with Crippen LogP contribution in [-0.4, -0.2) is 33.7 Å². The van der Waals surface area contributed by atoms with Gasteiger partial charge in [0.15, 0.2) is 0 Å². The first-order chi connectivity index (χ1) is 8.72. The Balaban J connectivity index is 2.89. The number of hydrogen-bond acceptors (Lipinski definition) is 3. The van der Waals surface area contributed by atoms with Gasteiger partial charge in [-0.1, -0.05) is 29.3 Å². The summed E-state index contributed by atoms with van der Waals surface area (Å²) < 4.78 is 24.3. The molecule has 1 rings (SSSR count). The number of halogens is 2. The largest absolute Gasteiger partial charge is 0.310 e. The van der Waals surface area contributed by atoms with E-state index in [1.54, 1.807) is 18.2 Å². The molecule has 0 heterocycles. The predicted molar refractivity (Wildman–Crippen MR) is 77.3 cm³/mol. The number of carbonyl (C=O) groups excluding carboxylic acids is 1. The van der Waals surface area contributed by atoms with Gasteiger partial charge in [-0.15, -0.1) is 0 Å². The molecule has 0 atom stereocenters. The SMILES string of the molecule is CC(=O)N(CCNS(C)(=O)=O)c1cccc(Cl)c1Cl. The van der Waals surface area contributed by atoms with E-state index in [9.17, 15) is 13.2 Å². The number of anilines is 1. The Morgan fingerprint density at radius 2 is 2.00 bits per heavy atom. The van der Waals surface area contributed by atoms with Gasteiger partial charge in [0.25, 0.3) is 0 Å². The molecule has 1 aromatic rings. The minimum atomic E-state index is -3.29. The van der Waals surface area contributed by atoms with Gasteiger partial charge >= 0.3 is 0 Å². The fourth-order valence-electron chi connectivity index (χ4n) is 1.49. The molecule has 8 heteroatoms. The lowest BCUT2D eigenvalue weighted by Gasteiger charge is -2.22. The highest BCUT2D eigenvalue weighted by atomic mass is 35.5. The van der Waals surface area contributed by atoms with Crippen LogP contribution in [0, 0.1) is 0 Å². The Morgan fingerprint density at radius 1 is 1.37 bits per heavy atom. The van der Waals surface area contributed by atoms with Gasteiger partial charge in [0, 0.05) is 20.0 Å². The summed E-state index contributed by atoms with van der Waals surface area (Å²) in [5, 5.41) is 0.597. The second kappa shape index (κ2) is 6.56. The van der Waals surface area contributed by atoms with Crippen molar-refractivity contribution in [2.75, 3.05) is 24.2 Å². The average Bonchev–Trinajstić information content (AvgIpc) is 2.27. The van der Waals surface area contributed by atoms with Crippen molar-refractivity contribution in [3.05, 3.63) is 28.2 Å². The standard InChI is InChI=1S/C11H14Cl2N2O3S/c1-8(16)15(7-6-14-19(2,17)18)10-5-3-4-9(12)11(10)13/h3-5,14H,6-7H2,1-2H3. The molecule has 0 saturated heterocycles. The number of sulfonamides is 1. The van der Waals surface area contributed by atoms with Crippen molar-refractivity contribution in [1.82, 2.24) is 4.72 Å². The normalized spacial score (nSPS) is 11.4. The first-order valence-electron chi connectivity index (χ1n) is 5.39. The van der Waals surface area contributed by atoms with Crippen molar-refractivity contribution < 1.29 is 13.2 Å². The summed E-state index contributed by atoms with van der Waals surface area (Å²) >= 11 is 11.9. The maximum atomic E-state index is 11.6. The molecule has 1 aromatic carbocycles. The third kappa shape index (κ3) is 4.99. The number of carbonyl (C=O) groups is 1. The van der Waals surface area contributed by atoms with Crippen LogP contribution in [0.15, 0.2) is 18.2 Å². The number of nitrogens with zero attached hydrogens (tertiary/aromatic N) is 1. The first kappa shape index (κ1) is 16.2. The molecule has 0 aromatic heterocycles. The Morgan fingerprint density at radius 3 is 2.53 bits per heavy atom. The average molecular weight is 325 g/mol. The van der Waals surface area contributed by atoms with E-state index in [1.165, 1.54) is 11.8 Å². The lowest BCUT2D eigenvalue weighted by Crippen LogP contribution is -2.37. The molecule has 1 amide bonds. The lowest BCUT2D eigenvalue weighted by atomic mass is 10.2. The highest BCUT2D eigenvalue weighted by Crippen LogP contribution is 2.32. The van der Waals surface area contributed by atoms with Crippen LogP contribution in [0.1, 0.15) is 6.92 Å².